The van der Waals surface area contributed by atoms with E-state index in [1.807, 2.05) is 18.2 Å². The van der Waals surface area contributed by atoms with Gasteiger partial charge in [0.15, 0.2) is 5.58 Å². The summed E-state index contributed by atoms with van der Waals surface area (Å²) in [7, 11) is 0. The summed E-state index contributed by atoms with van der Waals surface area (Å²) in [5.74, 6) is 0.258. The molecule has 0 aliphatic carbocycles. The van der Waals surface area contributed by atoms with Gasteiger partial charge in [0.2, 0.25) is 5.91 Å². The lowest BCUT2D eigenvalue weighted by molar-refractivity contribution is -0.121. The first-order chi connectivity index (χ1) is 10.1. The normalized spacial score (nSPS) is 11.2. The first kappa shape index (κ1) is 15.4. The maximum Gasteiger partial charge on any atom is 0.419 e. The van der Waals surface area contributed by atoms with Gasteiger partial charge in [0.25, 0.3) is 0 Å². The summed E-state index contributed by atoms with van der Waals surface area (Å²) in [6, 6.07) is 7.32. The van der Waals surface area contributed by atoms with Gasteiger partial charge < -0.3 is 9.73 Å². The van der Waals surface area contributed by atoms with Crippen LogP contribution in [0.15, 0.2) is 33.5 Å². The van der Waals surface area contributed by atoms with Crippen LogP contribution in [0, 0.1) is 5.92 Å². The molecule has 0 aliphatic heterocycles. The highest BCUT2D eigenvalue weighted by atomic mass is 16.4. The van der Waals surface area contributed by atoms with Crippen LogP contribution in [-0.2, 0) is 11.3 Å². The number of fused-ring (bicyclic) bond motifs is 1. The fourth-order valence-corrected chi connectivity index (χ4v) is 2.21. The van der Waals surface area contributed by atoms with E-state index in [-0.39, 0.29) is 11.7 Å². The van der Waals surface area contributed by atoms with Crippen LogP contribution in [0.2, 0.25) is 0 Å². The topological polar surface area (TPSA) is 64.2 Å². The molecule has 0 aliphatic rings. The van der Waals surface area contributed by atoms with Crippen molar-refractivity contribution >= 4 is 17.0 Å². The van der Waals surface area contributed by atoms with Crippen molar-refractivity contribution in [2.45, 2.75) is 39.7 Å². The third-order valence-electron chi connectivity index (χ3n) is 3.40. The summed E-state index contributed by atoms with van der Waals surface area (Å²) in [6.07, 6.45) is 2.03. The molecule has 0 saturated carbocycles. The maximum absolute atomic E-state index is 11.8. The first-order valence-corrected chi connectivity index (χ1v) is 7.43. The monoisotopic (exact) mass is 290 g/mol. The zero-order valence-corrected chi connectivity index (χ0v) is 12.6. The van der Waals surface area contributed by atoms with Crippen molar-refractivity contribution in [2.75, 3.05) is 6.54 Å². The van der Waals surface area contributed by atoms with E-state index in [2.05, 4.69) is 19.2 Å². The van der Waals surface area contributed by atoms with E-state index in [1.165, 1.54) is 0 Å². The zero-order valence-electron chi connectivity index (χ0n) is 12.6. The Balaban J connectivity index is 1.84. The summed E-state index contributed by atoms with van der Waals surface area (Å²) in [4.78, 5) is 23.4. The Hall–Kier alpha value is -2.04. The van der Waals surface area contributed by atoms with Gasteiger partial charge in [-0.3, -0.25) is 9.36 Å². The van der Waals surface area contributed by atoms with Crippen LogP contribution < -0.4 is 11.1 Å². The average molecular weight is 290 g/mol. The summed E-state index contributed by atoms with van der Waals surface area (Å²) in [5.41, 5.74) is 1.37. The Bertz CT molecular complexity index is 655. The molecule has 0 radical (unpaired) electrons. The lowest BCUT2D eigenvalue weighted by Gasteiger charge is -2.07. The molecule has 1 amide bonds. The highest BCUT2D eigenvalue weighted by Gasteiger charge is 2.09. The number of benzene rings is 1. The Kier molecular flexibility index (Phi) is 5.20. The third kappa shape index (κ3) is 4.21. The fourth-order valence-electron chi connectivity index (χ4n) is 2.21. The molecule has 5 heteroatoms. The zero-order chi connectivity index (χ0) is 15.2. The molecule has 0 bridgehead atoms. The van der Waals surface area contributed by atoms with E-state index >= 15 is 0 Å². The molecule has 0 spiro atoms. The predicted octanol–water partition coefficient (Wildman–Crippen LogP) is 2.54. The number of rotatable bonds is 7. The van der Waals surface area contributed by atoms with Crippen molar-refractivity contribution in [3.05, 3.63) is 34.8 Å². The molecule has 2 aromatic rings. The van der Waals surface area contributed by atoms with Gasteiger partial charge in [-0.1, -0.05) is 26.0 Å². The SMILES string of the molecule is CC(C)CCNC(=O)CCCn1c(=O)oc2ccccc21. The molecule has 1 heterocycles. The Labute approximate surface area is 123 Å². The van der Waals surface area contributed by atoms with Crippen LogP contribution in [0.1, 0.15) is 33.1 Å². The molecule has 1 aromatic carbocycles. The number of para-hydroxylation sites is 2. The summed E-state index contributed by atoms with van der Waals surface area (Å²) in [6.45, 7) is 5.46. The molecule has 2 rings (SSSR count). The summed E-state index contributed by atoms with van der Waals surface area (Å²) >= 11 is 0. The number of carbonyl (C=O) groups is 1. The van der Waals surface area contributed by atoms with Crippen molar-refractivity contribution in [1.82, 2.24) is 9.88 Å². The van der Waals surface area contributed by atoms with Gasteiger partial charge >= 0.3 is 5.76 Å². The molecule has 1 aromatic heterocycles. The number of aryl methyl sites for hydroxylation is 1. The van der Waals surface area contributed by atoms with Crippen molar-refractivity contribution in [3.8, 4) is 0 Å². The van der Waals surface area contributed by atoms with E-state index in [4.69, 9.17) is 4.42 Å². The molecule has 1 N–H and O–H groups in total. The van der Waals surface area contributed by atoms with Gasteiger partial charge in [-0.05, 0) is 30.9 Å². The number of hydrogen-bond acceptors (Lipinski definition) is 3. The minimum absolute atomic E-state index is 0.0384. The van der Waals surface area contributed by atoms with Gasteiger partial charge in [0.1, 0.15) is 0 Å². The highest BCUT2D eigenvalue weighted by molar-refractivity contribution is 5.76. The molecule has 5 nitrogen and oxygen atoms in total. The Morgan fingerprint density at radius 3 is 2.86 bits per heavy atom. The third-order valence-corrected chi connectivity index (χ3v) is 3.40. The first-order valence-electron chi connectivity index (χ1n) is 7.43. The number of nitrogens with one attached hydrogen (secondary N) is 1. The standard InChI is InChI=1S/C16H22N2O3/c1-12(2)9-10-17-15(19)8-5-11-18-13-6-3-4-7-14(13)21-16(18)20/h3-4,6-7,12H,5,8-11H2,1-2H3,(H,17,19). The van der Waals surface area contributed by atoms with Gasteiger partial charge in [0.05, 0.1) is 5.52 Å². The lowest BCUT2D eigenvalue weighted by Crippen LogP contribution is -2.25. The van der Waals surface area contributed by atoms with Crippen LogP contribution in [0.25, 0.3) is 11.1 Å². The maximum atomic E-state index is 11.8. The van der Waals surface area contributed by atoms with Gasteiger partial charge in [0, 0.05) is 19.5 Å². The number of nitrogens with zero attached hydrogens (tertiary/aromatic N) is 1. The number of carbonyl (C=O) groups excluding carboxylic acids is 1. The largest absolute Gasteiger partial charge is 0.419 e. The van der Waals surface area contributed by atoms with E-state index in [0.717, 1.165) is 11.9 Å². The molecular weight excluding hydrogens is 268 g/mol. The summed E-state index contributed by atoms with van der Waals surface area (Å²) in [5, 5.41) is 2.90. The molecule has 0 atom stereocenters. The number of oxazole rings is 1. The van der Waals surface area contributed by atoms with Crippen molar-refractivity contribution in [3.63, 3.8) is 0 Å². The van der Waals surface area contributed by atoms with Crippen molar-refractivity contribution in [1.29, 1.82) is 0 Å². The summed E-state index contributed by atoms with van der Waals surface area (Å²) < 4.78 is 6.73. The second kappa shape index (κ2) is 7.11. The highest BCUT2D eigenvalue weighted by Crippen LogP contribution is 2.12. The molecule has 114 valence electrons. The van der Waals surface area contributed by atoms with Crippen LogP contribution in [-0.4, -0.2) is 17.0 Å². The van der Waals surface area contributed by atoms with E-state index in [0.29, 0.717) is 37.4 Å². The second-order valence-electron chi connectivity index (χ2n) is 5.62. The number of hydrogen-bond donors (Lipinski definition) is 1. The number of aromatic nitrogens is 1. The molecular formula is C16H22N2O3. The molecule has 21 heavy (non-hydrogen) atoms. The van der Waals surface area contributed by atoms with Gasteiger partial charge in [-0.25, -0.2) is 4.79 Å². The quantitative estimate of drug-likeness (QED) is 0.852. The van der Waals surface area contributed by atoms with Crippen LogP contribution in [0.3, 0.4) is 0 Å². The van der Waals surface area contributed by atoms with Crippen molar-refractivity contribution < 1.29 is 9.21 Å². The minimum atomic E-state index is -0.364. The lowest BCUT2D eigenvalue weighted by atomic mass is 10.1. The van der Waals surface area contributed by atoms with Gasteiger partial charge in [-0.15, -0.1) is 0 Å². The van der Waals surface area contributed by atoms with E-state index in [1.54, 1.807) is 10.6 Å². The van der Waals surface area contributed by atoms with Gasteiger partial charge in [-0.2, -0.15) is 0 Å². The van der Waals surface area contributed by atoms with Crippen LogP contribution in [0.4, 0.5) is 0 Å². The van der Waals surface area contributed by atoms with E-state index < -0.39 is 0 Å². The molecule has 0 fully saturated rings. The molecule has 0 saturated heterocycles. The smallest absolute Gasteiger partial charge is 0.408 e. The van der Waals surface area contributed by atoms with Crippen molar-refractivity contribution in [2.24, 2.45) is 5.92 Å². The van der Waals surface area contributed by atoms with Crippen LogP contribution >= 0.6 is 0 Å². The molecule has 0 unspecified atom stereocenters. The fraction of sp³-hybridized carbons (Fsp3) is 0.500. The second-order valence-corrected chi connectivity index (χ2v) is 5.62. The Morgan fingerprint density at radius 1 is 1.33 bits per heavy atom. The Morgan fingerprint density at radius 2 is 2.10 bits per heavy atom. The van der Waals surface area contributed by atoms with E-state index in [9.17, 15) is 9.59 Å². The predicted molar refractivity (Wildman–Crippen MR) is 82.2 cm³/mol. The average Bonchev–Trinajstić information content (AvgIpc) is 2.75. The van der Waals surface area contributed by atoms with Crippen LogP contribution in [0.5, 0.6) is 0 Å². The number of amides is 1. The minimum Gasteiger partial charge on any atom is -0.408 e.